The molecule has 0 N–H and O–H groups in total. The standard InChI is InChI=1S/C21H22N2O2/c1-20(2)15-12-14(24)17-18(13-8-6-5-7-9-13)23(4)22-19(17)21(15,3)11-10-16(20)25/h5-11,15H,12H2,1-4H3/t15-,21-/m0/s1. The third kappa shape index (κ3) is 2.03. The van der Waals surface area contributed by atoms with Crippen molar-refractivity contribution in [2.45, 2.75) is 32.6 Å². The van der Waals surface area contributed by atoms with E-state index in [0.717, 1.165) is 17.0 Å². The van der Waals surface area contributed by atoms with Crippen LogP contribution in [0.15, 0.2) is 42.5 Å². The van der Waals surface area contributed by atoms with E-state index in [9.17, 15) is 9.59 Å². The van der Waals surface area contributed by atoms with Crippen LogP contribution in [0.2, 0.25) is 0 Å². The molecule has 0 spiro atoms. The molecule has 2 aliphatic carbocycles. The van der Waals surface area contributed by atoms with Crippen LogP contribution >= 0.6 is 0 Å². The van der Waals surface area contributed by atoms with Gasteiger partial charge in [-0.25, -0.2) is 0 Å². The van der Waals surface area contributed by atoms with E-state index in [-0.39, 0.29) is 17.5 Å². The zero-order valence-electron chi connectivity index (χ0n) is 15.0. The molecule has 2 atom stereocenters. The Balaban J connectivity index is 1.99. The van der Waals surface area contributed by atoms with Crippen LogP contribution in [0.1, 0.15) is 43.2 Å². The fraction of sp³-hybridized carbons (Fsp3) is 0.381. The van der Waals surface area contributed by atoms with E-state index in [4.69, 9.17) is 5.10 Å². The molecule has 128 valence electrons. The number of fused-ring (bicyclic) bond motifs is 3. The number of aryl methyl sites for hydroxylation is 1. The summed E-state index contributed by atoms with van der Waals surface area (Å²) in [4.78, 5) is 25.5. The number of rotatable bonds is 1. The minimum Gasteiger partial charge on any atom is -0.294 e. The molecule has 4 heteroatoms. The van der Waals surface area contributed by atoms with E-state index in [1.165, 1.54) is 0 Å². The molecule has 0 amide bonds. The van der Waals surface area contributed by atoms with Crippen LogP contribution in [0.4, 0.5) is 0 Å². The summed E-state index contributed by atoms with van der Waals surface area (Å²) in [6, 6.07) is 9.90. The maximum absolute atomic E-state index is 13.1. The van der Waals surface area contributed by atoms with E-state index in [1.54, 1.807) is 6.08 Å². The van der Waals surface area contributed by atoms with Gasteiger partial charge in [0.15, 0.2) is 11.6 Å². The van der Waals surface area contributed by atoms with Crippen molar-refractivity contribution < 1.29 is 9.59 Å². The van der Waals surface area contributed by atoms with Crippen LogP contribution in [-0.4, -0.2) is 21.3 Å². The molecule has 25 heavy (non-hydrogen) atoms. The Morgan fingerprint density at radius 2 is 1.80 bits per heavy atom. The molecule has 2 aliphatic rings. The molecular formula is C21H22N2O2. The smallest absolute Gasteiger partial charge is 0.167 e. The molecule has 0 unspecified atom stereocenters. The molecule has 0 fully saturated rings. The first-order chi connectivity index (χ1) is 11.8. The third-order valence-electron chi connectivity index (χ3n) is 6.08. The van der Waals surface area contributed by atoms with Crippen LogP contribution in [0.3, 0.4) is 0 Å². The highest BCUT2D eigenvalue weighted by atomic mass is 16.1. The average molecular weight is 334 g/mol. The van der Waals surface area contributed by atoms with Gasteiger partial charge in [0.05, 0.1) is 17.0 Å². The first-order valence-electron chi connectivity index (χ1n) is 8.66. The lowest BCUT2D eigenvalue weighted by Gasteiger charge is -2.48. The number of Topliss-reactive ketones (excluding diaryl/α,β-unsaturated/α-hetero) is 1. The van der Waals surface area contributed by atoms with E-state index in [2.05, 4.69) is 6.92 Å². The molecule has 0 saturated carbocycles. The topological polar surface area (TPSA) is 52.0 Å². The quantitative estimate of drug-likeness (QED) is 0.799. The van der Waals surface area contributed by atoms with E-state index in [0.29, 0.717) is 12.0 Å². The lowest BCUT2D eigenvalue weighted by molar-refractivity contribution is -0.127. The molecule has 1 aromatic carbocycles. The molecule has 2 aromatic rings. The van der Waals surface area contributed by atoms with Crippen molar-refractivity contribution in [1.82, 2.24) is 9.78 Å². The van der Waals surface area contributed by atoms with Gasteiger partial charge in [0.1, 0.15) is 0 Å². The maximum atomic E-state index is 13.1. The fourth-order valence-corrected chi connectivity index (χ4v) is 4.59. The minimum absolute atomic E-state index is 0.0731. The van der Waals surface area contributed by atoms with E-state index in [1.807, 2.05) is 62.0 Å². The van der Waals surface area contributed by atoms with Crippen molar-refractivity contribution in [2.75, 3.05) is 0 Å². The summed E-state index contributed by atoms with van der Waals surface area (Å²) in [6.45, 7) is 6.00. The Morgan fingerprint density at radius 3 is 2.48 bits per heavy atom. The van der Waals surface area contributed by atoms with Crippen molar-refractivity contribution in [3.8, 4) is 11.3 Å². The number of carbonyl (C=O) groups excluding carboxylic acids is 2. The van der Waals surface area contributed by atoms with Crippen LogP contribution < -0.4 is 0 Å². The van der Waals surface area contributed by atoms with E-state index < -0.39 is 10.8 Å². The second kappa shape index (κ2) is 5.01. The van der Waals surface area contributed by atoms with Gasteiger partial charge in [-0.3, -0.25) is 14.3 Å². The number of benzene rings is 1. The van der Waals surface area contributed by atoms with Gasteiger partial charge < -0.3 is 0 Å². The second-order valence-corrected chi connectivity index (χ2v) is 7.94. The van der Waals surface area contributed by atoms with Crippen LogP contribution in [0, 0.1) is 11.3 Å². The monoisotopic (exact) mass is 334 g/mol. The summed E-state index contributed by atoms with van der Waals surface area (Å²) < 4.78 is 1.81. The lowest BCUT2D eigenvalue weighted by atomic mass is 9.53. The lowest BCUT2D eigenvalue weighted by Crippen LogP contribution is -2.50. The van der Waals surface area contributed by atoms with Gasteiger partial charge in [-0.15, -0.1) is 0 Å². The summed E-state index contributed by atoms with van der Waals surface area (Å²) in [7, 11) is 1.88. The highest BCUT2D eigenvalue weighted by Crippen LogP contribution is 2.53. The molecule has 1 heterocycles. The van der Waals surface area contributed by atoms with Crippen LogP contribution in [0.25, 0.3) is 11.3 Å². The average Bonchev–Trinajstić information content (AvgIpc) is 2.94. The van der Waals surface area contributed by atoms with Gasteiger partial charge in [-0.1, -0.05) is 57.2 Å². The Morgan fingerprint density at radius 1 is 1.12 bits per heavy atom. The number of aromatic nitrogens is 2. The number of hydrogen-bond donors (Lipinski definition) is 0. The van der Waals surface area contributed by atoms with Crippen molar-refractivity contribution in [1.29, 1.82) is 0 Å². The largest absolute Gasteiger partial charge is 0.294 e. The van der Waals surface area contributed by atoms with Gasteiger partial charge in [0.2, 0.25) is 0 Å². The predicted molar refractivity (Wildman–Crippen MR) is 96.4 cm³/mol. The zero-order chi connectivity index (χ0) is 18.0. The Bertz CT molecular complexity index is 921. The molecule has 0 aliphatic heterocycles. The molecule has 4 nitrogen and oxygen atoms in total. The van der Waals surface area contributed by atoms with Crippen LogP contribution in [-0.2, 0) is 17.3 Å². The number of carbonyl (C=O) groups is 2. The van der Waals surface area contributed by atoms with Crippen molar-refractivity contribution in [3.05, 3.63) is 53.7 Å². The molecule has 1 aromatic heterocycles. The number of allylic oxidation sites excluding steroid dienone is 2. The molecule has 4 rings (SSSR count). The second-order valence-electron chi connectivity index (χ2n) is 7.94. The van der Waals surface area contributed by atoms with Gasteiger partial charge >= 0.3 is 0 Å². The number of nitrogens with zero attached hydrogens (tertiary/aromatic N) is 2. The molecule has 0 bridgehead atoms. The number of ketones is 2. The van der Waals surface area contributed by atoms with Crippen LogP contribution in [0.5, 0.6) is 0 Å². The predicted octanol–water partition coefficient (Wildman–Crippen LogP) is 3.71. The Labute approximate surface area is 147 Å². The van der Waals surface area contributed by atoms with Gasteiger partial charge in [-0.05, 0) is 12.0 Å². The number of hydrogen-bond acceptors (Lipinski definition) is 3. The molecular weight excluding hydrogens is 312 g/mol. The van der Waals surface area contributed by atoms with Crippen molar-refractivity contribution in [2.24, 2.45) is 18.4 Å². The Kier molecular flexibility index (Phi) is 3.21. The first-order valence-corrected chi connectivity index (χ1v) is 8.66. The highest BCUT2D eigenvalue weighted by Gasteiger charge is 2.55. The summed E-state index contributed by atoms with van der Waals surface area (Å²) >= 11 is 0. The highest BCUT2D eigenvalue weighted by molar-refractivity contribution is 6.06. The van der Waals surface area contributed by atoms with Crippen molar-refractivity contribution in [3.63, 3.8) is 0 Å². The fourth-order valence-electron chi connectivity index (χ4n) is 4.59. The first kappa shape index (κ1) is 16.0. The Hall–Kier alpha value is -2.49. The molecule has 0 saturated heterocycles. The maximum Gasteiger partial charge on any atom is 0.167 e. The summed E-state index contributed by atoms with van der Waals surface area (Å²) in [5.74, 6) is 0.0991. The SMILES string of the molecule is Cn1nc2c(c1-c1ccccc1)C(=O)C[C@H]1C(C)(C)C(=O)C=C[C@]21C. The summed E-state index contributed by atoms with van der Waals surface area (Å²) in [6.07, 6.45) is 4.00. The van der Waals surface area contributed by atoms with Gasteiger partial charge in [0, 0.05) is 29.9 Å². The molecule has 0 radical (unpaired) electrons. The van der Waals surface area contributed by atoms with Gasteiger partial charge in [0.25, 0.3) is 0 Å². The van der Waals surface area contributed by atoms with Gasteiger partial charge in [-0.2, -0.15) is 5.10 Å². The van der Waals surface area contributed by atoms with E-state index >= 15 is 0 Å². The third-order valence-corrected chi connectivity index (χ3v) is 6.08. The minimum atomic E-state index is -0.568. The summed E-state index contributed by atoms with van der Waals surface area (Å²) in [5, 5.41) is 4.76. The zero-order valence-corrected chi connectivity index (χ0v) is 15.0. The normalized spacial score (nSPS) is 27.1. The summed E-state index contributed by atoms with van der Waals surface area (Å²) in [5.41, 5.74) is 2.38. The van der Waals surface area contributed by atoms with Crippen molar-refractivity contribution >= 4 is 11.6 Å².